The first-order valence-corrected chi connectivity index (χ1v) is 7.14. The van der Waals surface area contributed by atoms with Crippen LogP contribution < -0.4 is 0 Å². The minimum absolute atomic E-state index is 0. The Morgan fingerprint density at radius 3 is 1.35 bits per heavy atom. The van der Waals surface area contributed by atoms with E-state index in [9.17, 15) is 8.42 Å². The van der Waals surface area contributed by atoms with E-state index >= 15 is 0 Å². The van der Waals surface area contributed by atoms with Crippen LogP contribution >= 0.6 is 0 Å². The molecule has 0 saturated carbocycles. The SMILES string of the molecule is C[C-](C)C.[CH2-]CC(C[CH2-])S(=O)(=O)C(C)(C)C.[Y+3]. The average Bonchev–Trinajstić information content (AvgIpc) is 2.02. The Labute approximate surface area is 134 Å². The van der Waals surface area contributed by atoms with Gasteiger partial charge in [-0.15, -0.1) is 0 Å². The predicted molar refractivity (Wildman–Crippen MR) is 72.7 cm³/mol. The number of rotatable bonds is 3. The zero-order chi connectivity index (χ0) is 13.6. The second kappa shape index (κ2) is 9.92. The van der Waals surface area contributed by atoms with Crippen molar-refractivity contribution in [2.75, 3.05) is 0 Å². The van der Waals surface area contributed by atoms with Crippen LogP contribution in [0, 0.1) is 19.8 Å². The van der Waals surface area contributed by atoms with E-state index < -0.39 is 19.8 Å². The van der Waals surface area contributed by atoms with Gasteiger partial charge < -0.3 is 19.8 Å². The Balaban J connectivity index is -0.000000340. The zero-order valence-corrected chi connectivity index (χ0v) is 15.9. The summed E-state index contributed by atoms with van der Waals surface area (Å²) in [6.07, 6.45) is 0.812. The quantitative estimate of drug-likeness (QED) is 0.738. The first kappa shape index (κ1) is 23.2. The number of sulfone groups is 1. The maximum Gasteiger partial charge on any atom is 3.00 e. The molecule has 0 aromatic carbocycles. The van der Waals surface area contributed by atoms with Crippen LogP contribution in [0.2, 0.25) is 0 Å². The largest absolute Gasteiger partial charge is 3.00 e. The molecule has 100 valence electrons. The van der Waals surface area contributed by atoms with Crippen molar-refractivity contribution in [3.05, 3.63) is 19.8 Å². The first-order chi connectivity index (χ1) is 7.00. The molecular weight excluding hydrogens is 309 g/mol. The van der Waals surface area contributed by atoms with E-state index in [1.165, 1.54) is 5.92 Å². The molecule has 17 heavy (non-hydrogen) atoms. The molecule has 0 spiro atoms. The van der Waals surface area contributed by atoms with Crippen molar-refractivity contribution in [2.45, 2.75) is 64.4 Å². The smallest absolute Gasteiger partial charge is 0.342 e. The summed E-state index contributed by atoms with van der Waals surface area (Å²) in [7, 11) is -3.06. The summed E-state index contributed by atoms with van der Waals surface area (Å²) in [5.74, 6) is 1.42. The van der Waals surface area contributed by atoms with E-state index in [4.69, 9.17) is 0 Å². The standard InChI is InChI=1S/C9H18O2S.C4H9.Y/c1-6-8(7-2)12(10,11)9(3,4)5;1-4(2)3;/h8H,1-2,6-7H2,3-5H3;1-3H3;/q-2;-1;+3. The molecule has 0 aromatic rings. The third kappa shape index (κ3) is 9.61. The molecule has 0 radical (unpaired) electrons. The van der Waals surface area contributed by atoms with Crippen molar-refractivity contribution in [1.29, 1.82) is 0 Å². The molecule has 0 fully saturated rings. The molecule has 0 amide bonds. The molecule has 0 aromatic heterocycles. The van der Waals surface area contributed by atoms with Gasteiger partial charge in [0.25, 0.3) is 0 Å². The van der Waals surface area contributed by atoms with E-state index in [2.05, 4.69) is 34.6 Å². The Morgan fingerprint density at radius 2 is 1.29 bits per heavy atom. The number of hydrogen-bond donors (Lipinski definition) is 0. The minimum Gasteiger partial charge on any atom is -0.342 e. The van der Waals surface area contributed by atoms with Gasteiger partial charge in [-0.3, -0.25) is 0 Å². The van der Waals surface area contributed by atoms with Gasteiger partial charge in [-0.25, -0.2) is 8.42 Å². The van der Waals surface area contributed by atoms with E-state index in [1.54, 1.807) is 20.8 Å². The summed E-state index contributed by atoms with van der Waals surface area (Å²) in [5.41, 5.74) is 0. The summed E-state index contributed by atoms with van der Waals surface area (Å²) in [6, 6.07) is 0. The van der Waals surface area contributed by atoms with E-state index in [1.807, 2.05) is 0 Å². The number of hydrogen-bond acceptors (Lipinski definition) is 2. The van der Waals surface area contributed by atoms with Crippen LogP contribution in [0.1, 0.15) is 54.4 Å². The van der Waals surface area contributed by atoms with Crippen LogP contribution in [-0.2, 0) is 42.5 Å². The fraction of sp³-hybridized carbons (Fsp3) is 0.769. The van der Waals surface area contributed by atoms with Gasteiger partial charge in [0.15, 0.2) is 9.84 Å². The molecule has 0 N–H and O–H groups in total. The predicted octanol–water partition coefficient (Wildman–Crippen LogP) is 3.63. The molecule has 0 atom stereocenters. The van der Waals surface area contributed by atoms with Gasteiger partial charge in [0.05, 0.1) is 4.75 Å². The maximum absolute atomic E-state index is 11.7. The summed E-state index contributed by atoms with van der Waals surface area (Å²) >= 11 is 0. The zero-order valence-electron chi connectivity index (χ0n) is 12.2. The Morgan fingerprint density at radius 1 is 1.06 bits per heavy atom. The Kier molecular flexibility index (Phi) is 13.5. The summed E-state index contributed by atoms with van der Waals surface area (Å²) in [4.78, 5) is 0. The molecule has 0 rings (SSSR count). The second-order valence-corrected chi connectivity index (χ2v) is 8.34. The average molecular weight is 336 g/mol. The molecule has 0 bridgehead atoms. The monoisotopic (exact) mass is 336 g/mol. The van der Waals surface area contributed by atoms with Crippen LogP contribution in [0.5, 0.6) is 0 Å². The molecule has 0 saturated heterocycles. The fourth-order valence-corrected chi connectivity index (χ4v) is 2.58. The van der Waals surface area contributed by atoms with Crippen LogP contribution in [0.4, 0.5) is 0 Å². The summed E-state index contributed by atoms with van der Waals surface area (Å²) < 4.78 is 22.8. The van der Waals surface area contributed by atoms with Crippen LogP contribution in [0.3, 0.4) is 0 Å². The Hall–Kier alpha value is 1.05. The van der Waals surface area contributed by atoms with E-state index in [0.717, 1.165) is 0 Å². The van der Waals surface area contributed by atoms with Crippen molar-refractivity contribution < 1.29 is 41.1 Å². The maximum atomic E-state index is 11.7. The fourth-order valence-electron chi connectivity index (χ4n) is 0.955. The molecule has 4 heteroatoms. The summed E-state index contributed by atoms with van der Waals surface area (Å²) in [5, 5.41) is -0.391. The van der Waals surface area contributed by atoms with Gasteiger partial charge in [0.1, 0.15) is 0 Å². The molecule has 2 nitrogen and oxygen atoms in total. The van der Waals surface area contributed by atoms with Crippen LogP contribution in [-0.4, -0.2) is 18.4 Å². The third-order valence-corrected chi connectivity index (χ3v) is 4.99. The van der Waals surface area contributed by atoms with Gasteiger partial charge in [-0.2, -0.15) is 33.6 Å². The second-order valence-electron chi connectivity index (χ2n) is 5.36. The van der Waals surface area contributed by atoms with Gasteiger partial charge in [0, 0.05) is 5.25 Å². The van der Waals surface area contributed by atoms with Gasteiger partial charge in [-0.05, 0) is 20.8 Å². The van der Waals surface area contributed by atoms with Gasteiger partial charge >= 0.3 is 32.7 Å². The van der Waals surface area contributed by atoms with Gasteiger partial charge in [0.2, 0.25) is 0 Å². The summed E-state index contributed by atoms with van der Waals surface area (Å²) in [6.45, 7) is 18.6. The van der Waals surface area contributed by atoms with Gasteiger partial charge in [-0.1, -0.05) is 0 Å². The van der Waals surface area contributed by atoms with Crippen molar-refractivity contribution >= 4 is 9.84 Å². The van der Waals surface area contributed by atoms with Crippen molar-refractivity contribution in [2.24, 2.45) is 0 Å². The van der Waals surface area contributed by atoms with E-state index in [0.29, 0.717) is 12.8 Å². The van der Waals surface area contributed by atoms with E-state index in [-0.39, 0.29) is 32.7 Å². The van der Waals surface area contributed by atoms with Crippen molar-refractivity contribution in [3.63, 3.8) is 0 Å². The first-order valence-electron chi connectivity index (χ1n) is 5.59. The minimum atomic E-state index is -3.06. The molecule has 0 aliphatic rings. The van der Waals surface area contributed by atoms with Crippen molar-refractivity contribution in [3.8, 4) is 0 Å². The topological polar surface area (TPSA) is 34.1 Å². The molecule has 0 heterocycles. The normalized spacial score (nSPS) is 11.9. The molecule has 0 unspecified atom stereocenters. The van der Waals surface area contributed by atoms with Crippen LogP contribution in [0.15, 0.2) is 0 Å². The Bertz CT molecular complexity index is 257. The molecular formula is C13H27O2SY. The molecule has 0 aliphatic carbocycles. The molecule has 0 aliphatic heterocycles. The van der Waals surface area contributed by atoms with Crippen molar-refractivity contribution in [1.82, 2.24) is 0 Å². The third-order valence-electron chi connectivity index (χ3n) is 1.94. The van der Waals surface area contributed by atoms with Crippen LogP contribution in [0.25, 0.3) is 0 Å².